The maximum atomic E-state index is 11.6. The number of alkyl halides is 1. The van der Waals surface area contributed by atoms with Gasteiger partial charge < -0.3 is 4.74 Å². The Hall–Kier alpha value is -1.86. The molecule has 0 radical (unpaired) electrons. The van der Waals surface area contributed by atoms with Crippen LogP contribution in [0.25, 0.3) is 0 Å². The second-order valence-corrected chi connectivity index (χ2v) is 3.87. The summed E-state index contributed by atoms with van der Waals surface area (Å²) in [5.41, 5.74) is 1.17. The zero-order chi connectivity index (χ0) is 13.5. The van der Waals surface area contributed by atoms with Gasteiger partial charge in [-0.15, -0.1) is 11.6 Å². The summed E-state index contributed by atoms with van der Waals surface area (Å²) in [5, 5.41) is 8.88. The Morgan fingerprint density at radius 2 is 2.11 bits per heavy atom. The lowest BCUT2D eigenvalue weighted by atomic mass is 10.0. The third-order valence-electron chi connectivity index (χ3n) is 2.18. The fourth-order valence-electron chi connectivity index (χ4n) is 1.47. The molecule has 0 aliphatic heterocycles. The average Bonchev–Trinajstić information content (AvgIpc) is 2.38. The van der Waals surface area contributed by atoms with E-state index in [1.165, 1.54) is 6.07 Å². The standard InChI is InChI=1S/C13H12ClNO3/c1-2-18-13(17)11-4-9(6-12(16)7-14)3-10(5-11)8-15/h3-5H,2,6-7H2,1H3. The van der Waals surface area contributed by atoms with Gasteiger partial charge in [-0.1, -0.05) is 0 Å². The lowest BCUT2D eigenvalue weighted by Crippen LogP contribution is -2.08. The molecule has 5 heteroatoms. The molecular weight excluding hydrogens is 254 g/mol. The molecule has 1 aromatic carbocycles. The van der Waals surface area contributed by atoms with Crippen molar-refractivity contribution in [1.82, 2.24) is 0 Å². The second-order valence-electron chi connectivity index (χ2n) is 3.60. The highest BCUT2D eigenvalue weighted by Crippen LogP contribution is 2.12. The van der Waals surface area contributed by atoms with E-state index in [0.29, 0.717) is 11.1 Å². The number of carbonyl (C=O) groups excluding carboxylic acids is 2. The largest absolute Gasteiger partial charge is 0.462 e. The van der Waals surface area contributed by atoms with Gasteiger partial charge in [-0.3, -0.25) is 4.79 Å². The molecule has 0 saturated heterocycles. The van der Waals surface area contributed by atoms with Gasteiger partial charge in [0.05, 0.1) is 29.7 Å². The number of hydrogen-bond acceptors (Lipinski definition) is 4. The van der Waals surface area contributed by atoms with E-state index in [4.69, 9.17) is 21.6 Å². The van der Waals surface area contributed by atoms with E-state index in [1.54, 1.807) is 19.1 Å². The smallest absolute Gasteiger partial charge is 0.338 e. The van der Waals surface area contributed by atoms with Crippen LogP contribution in [-0.2, 0) is 16.0 Å². The Bertz CT molecular complexity index is 505. The number of nitrogens with zero attached hydrogens (tertiary/aromatic N) is 1. The summed E-state index contributed by atoms with van der Waals surface area (Å²) in [6.07, 6.45) is 0.103. The molecule has 0 amide bonds. The van der Waals surface area contributed by atoms with Crippen LogP contribution in [0.4, 0.5) is 0 Å². The predicted molar refractivity (Wildman–Crippen MR) is 66.5 cm³/mol. The van der Waals surface area contributed by atoms with Crippen LogP contribution in [0.15, 0.2) is 18.2 Å². The van der Waals surface area contributed by atoms with E-state index >= 15 is 0 Å². The van der Waals surface area contributed by atoms with Gasteiger partial charge >= 0.3 is 5.97 Å². The van der Waals surface area contributed by atoms with E-state index < -0.39 is 5.97 Å². The Morgan fingerprint density at radius 3 is 2.67 bits per heavy atom. The molecule has 0 fully saturated rings. The van der Waals surface area contributed by atoms with Crippen LogP contribution in [0.5, 0.6) is 0 Å². The van der Waals surface area contributed by atoms with Gasteiger partial charge in [-0.25, -0.2) is 4.79 Å². The molecule has 0 atom stereocenters. The molecule has 0 heterocycles. The van der Waals surface area contributed by atoms with Crippen molar-refractivity contribution < 1.29 is 14.3 Å². The molecule has 1 aromatic rings. The fraction of sp³-hybridized carbons (Fsp3) is 0.308. The summed E-state index contributed by atoms with van der Waals surface area (Å²) >= 11 is 5.42. The molecule has 18 heavy (non-hydrogen) atoms. The number of ether oxygens (including phenoxy) is 1. The third-order valence-corrected chi connectivity index (χ3v) is 2.48. The lowest BCUT2D eigenvalue weighted by Gasteiger charge is -2.05. The van der Waals surface area contributed by atoms with Crippen LogP contribution in [0.1, 0.15) is 28.4 Å². The average molecular weight is 266 g/mol. The van der Waals surface area contributed by atoms with E-state index in [2.05, 4.69) is 0 Å². The highest BCUT2D eigenvalue weighted by atomic mass is 35.5. The fourth-order valence-corrected chi connectivity index (χ4v) is 1.56. The zero-order valence-corrected chi connectivity index (χ0v) is 10.7. The Balaban J connectivity index is 3.06. The quantitative estimate of drug-likeness (QED) is 0.604. The summed E-state index contributed by atoms with van der Waals surface area (Å²) in [5.74, 6) is -0.762. The van der Waals surface area contributed by atoms with Crippen molar-refractivity contribution in [3.05, 3.63) is 34.9 Å². The normalized spacial score (nSPS) is 9.61. The van der Waals surface area contributed by atoms with Crippen molar-refractivity contribution in [1.29, 1.82) is 5.26 Å². The van der Waals surface area contributed by atoms with E-state index in [9.17, 15) is 9.59 Å². The first kappa shape index (κ1) is 14.2. The van der Waals surface area contributed by atoms with E-state index in [-0.39, 0.29) is 30.3 Å². The summed E-state index contributed by atoms with van der Waals surface area (Å²) in [7, 11) is 0. The summed E-state index contributed by atoms with van der Waals surface area (Å²) in [6, 6.07) is 6.49. The first-order valence-corrected chi connectivity index (χ1v) is 5.93. The Kier molecular flexibility index (Phi) is 5.34. The lowest BCUT2D eigenvalue weighted by molar-refractivity contribution is -0.116. The second kappa shape index (κ2) is 6.77. The molecule has 0 bridgehead atoms. The molecule has 1 rings (SSSR count). The maximum Gasteiger partial charge on any atom is 0.338 e. The molecule has 94 valence electrons. The van der Waals surface area contributed by atoms with Gasteiger partial charge in [0, 0.05) is 6.42 Å². The van der Waals surface area contributed by atoms with Crippen molar-refractivity contribution in [3.63, 3.8) is 0 Å². The van der Waals surface area contributed by atoms with Gasteiger partial charge in [0.1, 0.15) is 0 Å². The number of hydrogen-bond donors (Lipinski definition) is 0. The third kappa shape index (κ3) is 3.86. The molecule has 0 N–H and O–H groups in total. The number of halogens is 1. The van der Waals surface area contributed by atoms with Gasteiger partial charge in [0.25, 0.3) is 0 Å². The minimum Gasteiger partial charge on any atom is -0.462 e. The topological polar surface area (TPSA) is 67.2 Å². The molecule has 0 aliphatic carbocycles. The first-order chi connectivity index (χ1) is 8.60. The SMILES string of the molecule is CCOC(=O)c1cc(C#N)cc(CC(=O)CCl)c1. The van der Waals surface area contributed by atoms with Crippen LogP contribution >= 0.6 is 11.6 Å². The monoisotopic (exact) mass is 265 g/mol. The molecular formula is C13H12ClNO3. The minimum absolute atomic E-state index is 0.0917. The van der Waals surface area contributed by atoms with Crippen molar-refractivity contribution in [2.24, 2.45) is 0 Å². The number of esters is 1. The van der Waals surface area contributed by atoms with Crippen LogP contribution in [-0.4, -0.2) is 24.2 Å². The number of nitriles is 1. The molecule has 0 aliphatic rings. The van der Waals surface area contributed by atoms with Crippen LogP contribution < -0.4 is 0 Å². The molecule has 0 saturated carbocycles. The van der Waals surface area contributed by atoms with Gasteiger partial charge in [0.2, 0.25) is 0 Å². The molecule has 4 nitrogen and oxygen atoms in total. The Morgan fingerprint density at radius 1 is 1.39 bits per heavy atom. The van der Waals surface area contributed by atoms with E-state index in [1.807, 2.05) is 6.07 Å². The van der Waals surface area contributed by atoms with Gasteiger partial charge in [-0.2, -0.15) is 5.26 Å². The number of Topliss-reactive ketones (excluding diaryl/α,β-unsaturated/α-hetero) is 1. The number of carbonyl (C=O) groups is 2. The number of rotatable bonds is 5. The van der Waals surface area contributed by atoms with Gasteiger partial charge in [-0.05, 0) is 30.7 Å². The zero-order valence-electron chi connectivity index (χ0n) is 9.90. The van der Waals surface area contributed by atoms with Crippen molar-refractivity contribution in [2.75, 3.05) is 12.5 Å². The predicted octanol–water partition coefficient (Wildman–Crippen LogP) is 2.09. The van der Waals surface area contributed by atoms with Crippen molar-refractivity contribution in [2.45, 2.75) is 13.3 Å². The number of benzene rings is 1. The molecule has 0 spiro atoms. The van der Waals surface area contributed by atoms with Crippen LogP contribution in [0.3, 0.4) is 0 Å². The Labute approximate surface area is 110 Å². The van der Waals surface area contributed by atoms with Crippen molar-refractivity contribution >= 4 is 23.4 Å². The van der Waals surface area contributed by atoms with Crippen LogP contribution in [0.2, 0.25) is 0 Å². The summed E-state index contributed by atoms with van der Waals surface area (Å²) in [6.45, 7) is 1.95. The van der Waals surface area contributed by atoms with Gasteiger partial charge in [0.15, 0.2) is 5.78 Å². The number of ketones is 1. The summed E-state index contributed by atoms with van der Waals surface area (Å²) < 4.78 is 4.85. The highest BCUT2D eigenvalue weighted by molar-refractivity contribution is 6.27. The first-order valence-electron chi connectivity index (χ1n) is 5.39. The maximum absolute atomic E-state index is 11.6. The molecule has 0 aromatic heterocycles. The van der Waals surface area contributed by atoms with E-state index in [0.717, 1.165) is 0 Å². The minimum atomic E-state index is -0.505. The molecule has 0 unspecified atom stereocenters. The van der Waals surface area contributed by atoms with Crippen LogP contribution in [0, 0.1) is 11.3 Å². The highest BCUT2D eigenvalue weighted by Gasteiger charge is 2.11. The summed E-state index contributed by atoms with van der Waals surface area (Å²) in [4.78, 5) is 22.8. The van der Waals surface area contributed by atoms with Crippen molar-refractivity contribution in [3.8, 4) is 6.07 Å².